The minimum absolute atomic E-state index is 0.0321. The fourth-order valence-electron chi connectivity index (χ4n) is 2.38. The third-order valence-electron chi connectivity index (χ3n) is 3.44. The van der Waals surface area contributed by atoms with Crippen molar-refractivity contribution < 1.29 is 4.79 Å². The molecule has 88 valence electrons. The van der Waals surface area contributed by atoms with Crippen LogP contribution in [0.2, 0.25) is 0 Å². The second kappa shape index (κ2) is 5.19. The summed E-state index contributed by atoms with van der Waals surface area (Å²) in [5.41, 5.74) is 0.945. The van der Waals surface area contributed by atoms with Gasteiger partial charge in [-0.1, -0.05) is 25.0 Å². The highest BCUT2D eigenvalue weighted by molar-refractivity contribution is 5.76. The Morgan fingerprint density at radius 1 is 1.38 bits per heavy atom. The van der Waals surface area contributed by atoms with Crippen molar-refractivity contribution in [3.05, 3.63) is 23.9 Å². The summed E-state index contributed by atoms with van der Waals surface area (Å²) in [5, 5.41) is 2.96. The third kappa shape index (κ3) is 2.65. The fourth-order valence-corrected chi connectivity index (χ4v) is 2.38. The average Bonchev–Trinajstić information content (AvgIpc) is 2.83. The maximum Gasteiger partial charge on any atom is 0.321 e. The van der Waals surface area contributed by atoms with E-state index < -0.39 is 0 Å². The first-order chi connectivity index (χ1) is 7.77. The number of nitrogens with one attached hydrogen (secondary N) is 1. The molecule has 0 spiro atoms. The van der Waals surface area contributed by atoms with Crippen molar-refractivity contribution in [2.45, 2.75) is 44.6 Å². The van der Waals surface area contributed by atoms with Crippen LogP contribution >= 0.6 is 0 Å². The van der Waals surface area contributed by atoms with Crippen LogP contribution in [0.4, 0.5) is 4.79 Å². The molecule has 0 radical (unpaired) electrons. The van der Waals surface area contributed by atoms with Crippen molar-refractivity contribution in [3.63, 3.8) is 0 Å². The predicted octanol–water partition coefficient (Wildman–Crippen LogP) is 2.80. The highest BCUT2D eigenvalue weighted by Gasteiger charge is 2.23. The van der Waals surface area contributed by atoms with Crippen molar-refractivity contribution >= 4 is 6.03 Å². The third-order valence-corrected chi connectivity index (χ3v) is 3.44. The van der Waals surface area contributed by atoms with E-state index in [4.69, 9.17) is 0 Å². The first-order valence-corrected chi connectivity index (χ1v) is 6.18. The molecule has 2 aliphatic rings. The molecule has 0 bridgehead atoms. The number of amides is 2. The van der Waals surface area contributed by atoms with E-state index in [-0.39, 0.29) is 6.03 Å². The van der Waals surface area contributed by atoms with E-state index in [0.717, 1.165) is 31.4 Å². The molecular weight excluding hydrogens is 200 g/mol. The van der Waals surface area contributed by atoms with Crippen molar-refractivity contribution in [2.24, 2.45) is 0 Å². The Morgan fingerprint density at radius 2 is 2.12 bits per heavy atom. The van der Waals surface area contributed by atoms with Gasteiger partial charge in [-0.05, 0) is 31.8 Å². The van der Waals surface area contributed by atoms with Crippen LogP contribution < -0.4 is 5.32 Å². The van der Waals surface area contributed by atoms with Gasteiger partial charge in [0.2, 0.25) is 0 Å². The summed E-state index contributed by atoms with van der Waals surface area (Å²) in [6.45, 7) is 0. The number of nitrogens with zero attached hydrogens (tertiary/aromatic N) is 1. The van der Waals surface area contributed by atoms with E-state index in [9.17, 15) is 4.79 Å². The van der Waals surface area contributed by atoms with Gasteiger partial charge in [0.1, 0.15) is 0 Å². The van der Waals surface area contributed by atoms with Crippen molar-refractivity contribution in [3.8, 4) is 0 Å². The zero-order chi connectivity index (χ0) is 11.4. The molecule has 1 N–H and O–H groups in total. The molecule has 2 amide bonds. The number of rotatable bonds is 2. The maximum atomic E-state index is 11.9. The molecule has 0 aromatic heterocycles. The van der Waals surface area contributed by atoms with Crippen LogP contribution in [0, 0.1) is 0 Å². The Kier molecular flexibility index (Phi) is 3.65. The van der Waals surface area contributed by atoms with Gasteiger partial charge >= 0.3 is 6.03 Å². The molecule has 2 aliphatic carbocycles. The molecular formula is C13H20N2O. The first-order valence-electron chi connectivity index (χ1n) is 6.18. The van der Waals surface area contributed by atoms with Crippen molar-refractivity contribution in [1.82, 2.24) is 10.2 Å². The van der Waals surface area contributed by atoms with Crippen LogP contribution in [0.15, 0.2) is 23.9 Å². The lowest BCUT2D eigenvalue weighted by Crippen LogP contribution is -2.42. The summed E-state index contributed by atoms with van der Waals surface area (Å²) in [6.07, 6.45) is 13.1. The fraction of sp³-hybridized carbons (Fsp3) is 0.615. The van der Waals surface area contributed by atoms with E-state index in [2.05, 4.69) is 17.5 Å². The number of hydrogen-bond acceptors (Lipinski definition) is 1. The van der Waals surface area contributed by atoms with Gasteiger partial charge in [0.05, 0.1) is 0 Å². The highest BCUT2D eigenvalue weighted by Crippen LogP contribution is 2.22. The minimum atomic E-state index is 0.0321. The largest absolute Gasteiger partial charge is 0.325 e. The highest BCUT2D eigenvalue weighted by atomic mass is 16.2. The van der Waals surface area contributed by atoms with Crippen molar-refractivity contribution in [2.75, 3.05) is 7.05 Å². The number of allylic oxidation sites excluding steroid dienone is 3. The Hall–Kier alpha value is -1.25. The van der Waals surface area contributed by atoms with Crippen LogP contribution in [0.1, 0.15) is 38.5 Å². The molecule has 0 aromatic rings. The molecule has 1 fully saturated rings. The van der Waals surface area contributed by atoms with Crippen LogP contribution in [-0.2, 0) is 0 Å². The summed E-state index contributed by atoms with van der Waals surface area (Å²) >= 11 is 0. The van der Waals surface area contributed by atoms with Crippen LogP contribution in [0.3, 0.4) is 0 Å². The molecule has 0 saturated heterocycles. The monoisotopic (exact) mass is 220 g/mol. The Bertz CT molecular complexity index is 314. The quantitative estimate of drug-likeness (QED) is 0.762. The smallest absolute Gasteiger partial charge is 0.321 e. The standard InChI is InChI=1S/C13H20N2O/c1-15(12-9-5-6-10-12)13(16)14-11-7-3-2-4-8-11/h3,7-8,12H,2,4-6,9-10H2,1H3,(H,14,16). The number of carbonyl (C=O) groups excluding carboxylic acids is 1. The number of hydrogen-bond donors (Lipinski definition) is 1. The normalized spacial score (nSPS) is 20.7. The number of urea groups is 1. The Balaban J connectivity index is 1.86. The summed E-state index contributed by atoms with van der Waals surface area (Å²) in [6, 6.07) is 0.470. The average molecular weight is 220 g/mol. The van der Waals surface area contributed by atoms with Gasteiger partial charge < -0.3 is 10.2 Å². The van der Waals surface area contributed by atoms with Gasteiger partial charge in [-0.15, -0.1) is 0 Å². The van der Waals surface area contributed by atoms with E-state index in [1.54, 1.807) is 0 Å². The lowest BCUT2D eigenvalue weighted by atomic mass is 10.1. The summed E-state index contributed by atoms with van der Waals surface area (Å²) in [4.78, 5) is 13.8. The topological polar surface area (TPSA) is 32.3 Å². The van der Waals surface area contributed by atoms with Gasteiger partial charge in [-0.25, -0.2) is 4.79 Å². The minimum Gasteiger partial charge on any atom is -0.325 e. The van der Waals surface area contributed by atoms with Crippen molar-refractivity contribution in [1.29, 1.82) is 0 Å². The predicted molar refractivity (Wildman–Crippen MR) is 65.0 cm³/mol. The van der Waals surface area contributed by atoms with Gasteiger partial charge in [0.15, 0.2) is 0 Å². The molecule has 0 unspecified atom stereocenters. The van der Waals surface area contributed by atoms with E-state index in [1.807, 2.05) is 18.0 Å². The second-order valence-electron chi connectivity index (χ2n) is 4.62. The summed E-state index contributed by atoms with van der Waals surface area (Å²) in [5.74, 6) is 0. The van der Waals surface area contributed by atoms with Crippen LogP contribution in [0.25, 0.3) is 0 Å². The Morgan fingerprint density at radius 3 is 2.75 bits per heavy atom. The molecule has 2 rings (SSSR count). The molecule has 0 aromatic carbocycles. The van der Waals surface area contributed by atoms with E-state index in [1.165, 1.54) is 12.8 Å². The SMILES string of the molecule is CN(C(=O)NC1=CCCC=C1)C1CCCC1. The second-order valence-corrected chi connectivity index (χ2v) is 4.62. The maximum absolute atomic E-state index is 11.9. The van der Waals surface area contributed by atoms with Crippen LogP contribution in [-0.4, -0.2) is 24.0 Å². The van der Waals surface area contributed by atoms with Gasteiger partial charge in [-0.3, -0.25) is 0 Å². The Labute approximate surface area is 97.2 Å². The first kappa shape index (κ1) is 11.2. The zero-order valence-electron chi connectivity index (χ0n) is 9.91. The molecule has 0 aliphatic heterocycles. The summed E-state index contributed by atoms with van der Waals surface area (Å²) < 4.78 is 0. The molecule has 0 heterocycles. The summed E-state index contributed by atoms with van der Waals surface area (Å²) in [7, 11) is 1.90. The van der Waals surface area contributed by atoms with E-state index >= 15 is 0 Å². The van der Waals surface area contributed by atoms with Crippen LogP contribution in [0.5, 0.6) is 0 Å². The lowest BCUT2D eigenvalue weighted by Gasteiger charge is -2.25. The van der Waals surface area contributed by atoms with Gasteiger partial charge in [0.25, 0.3) is 0 Å². The molecule has 3 heteroatoms. The van der Waals surface area contributed by atoms with Gasteiger partial charge in [0, 0.05) is 18.8 Å². The zero-order valence-corrected chi connectivity index (χ0v) is 9.91. The number of carbonyl (C=O) groups is 1. The van der Waals surface area contributed by atoms with E-state index in [0.29, 0.717) is 6.04 Å². The lowest BCUT2D eigenvalue weighted by molar-refractivity contribution is 0.194. The molecule has 3 nitrogen and oxygen atoms in total. The molecule has 0 atom stereocenters. The molecule has 1 saturated carbocycles. The van der Waals surface area contributed by atoms with Gasteiger partial charge in [-0.2, -0.15) is 0 Å². The molecule has 16 heavy (non-hydrogen) atoms.